The second kappa shape index (κ2) is 7.38. The second-order valence-corrected chi connectivity index (χ2v) is 11.2. The first-order valence-electron chi connectivity index (χ1n) is 12.2. The van der Waals surface area contributed by atoms with Gasteiger partial charge in [-0.15, -0.1) is 0 Å². The fraction of sp³-hybridized carbons (Fsp3) is 0.960. The van der Waals surface area contributed by atoms with E-state index in [4.69, 9.17) is 0 Å². The van der Waals surface area contributed by atoms with Crippen molar-refractivity contribution in [1.29, 1.82) is 0 Å². The number of carbonyl (C=O) groups excluding carboxylic acids is 1. The summed E-state index contributed by atoms with van der Waals surface area (Å²) in [6.45, 7) is 7.52. The Morgan fingerprint density at radius 3 is 2.59 bits per heavy atom. The van der Waals surface area contributed by atoms with E-state index in [1.54, 1.807) is 0 Å². The van der Waals surface area contributed by atoms with Crippen molar-refractivity contribution in [3.8, 4) is 0 Å². The first kappa shape index (κ1) is 19.8. The average Bonchev–Trinajstić information content (AvgIpc) is 3.04. The summed E-state index contributed by atoms with van der Waals surface area (Å²) >= 11 is 0. The van der Waals surface area contributed by atoms with Gasteiger partial charge >= 0.3 is 0 Å². The lowest BCUT2D eigenvalue weighted by Gasteiger charge is -2.64. The van der Waals surface area contributed by atoms with Crippen LogP contribution in [0.2, 0.25) is 0 Å². The molecule has 0 spiro atoms. The Balaban J connectivity index is 1.60. The van der Waals surface area contributed by atoms with E-state index in [0.717, 1.165) is 24.2 Å². The van der Waals surface area contributed by atoms with Gasteiger partial charge in [-0.25, -0.2) is 0 Å². The van der Waals surface area contributed by atoms with Crippen LogP contribution in [0.1, 0.15) is 104 Å². The molecule has 0 aromatic rings. The van der Waals surface area contributed by atoms with Crippen molar-refractivity contribution in [1.82, 2.24) is 4.90 Å². The molecule has 154 valence electrons. The number of carbonyl (C=O) groups is 1. The molecule has 7 atom stereocenters. The van der Waals surface area contributed by atoms with Crippen LogP contribution in [0.15, 0.2) is 0 Å². The summed E-state index contributed by atoms with van der Waals surface area (Å²) in [6.07, 6.45) is 17.4. The largest absolute Gasteiger partial charge is 0.342 e. The predicted molar refractivity (Wildman–Crippen MR) is 112 cm³/mol. The van der Waals surface area contributed by atoms with Gasteiger partial charge in [0.25, 0.3) is 0 Å². The molecule has 2 heteroatoms. The van der Waals surface area contributed by atoms with Gasteiger partial charge in [-0.3, -0.25) is 4.79 Å². The van der Waals surface area contributed by atoms with Crippen molar-refractivity contribution in [2.75, 3.05) is 7.05 Å². The van der Waals surface area contributed by atoms with Crippen LogP contribution < -0.4 is 0 Å². The number of amides is 1. The summed E-state index contributed by atoms with van der Waals surface area (Å²) in [5, 5.41) is 0. The molecular weight excluding hydrogens is 330 g/mol. The molecule has 1 saturated heterocycles. The molecule has 0 bridgehead atoms. The van der Waals surface area contributed by atoms with E-state index in [0.29, 0.717) is 28.7 Å². The van der Waals surface area contributed by atoms with Crippen LogP contribution in [0.3, 0.4) is 0 Å². The molecule has 0 aromatic carbocycles. The highest BCUT2D eigenvalue weighted by Gasteiger charge is 2.61. The van der Waals surface area contributed by atoms with Crippen LogP contribution in [0.4, 0.5) is 0 Å². The number of nitrogens with zero attached hydrogens (tertiary/aromatic N) is 1. The summed E-state index contributed by atoms with van der Waals surface area (Å²) in [5.41, 5.74) is 0.999. The second-order valence-electron chi connectivity index (χ2n) is 11.2. The van der Waals surface area contributed by atoms with E-state index in [1.807, 2.05) is 0 Å². The fourth-order valence-electron chi connectivity index (χ4n) is 8.53. The van der Waals surface area contributed by atoms with Gasteiger partial charge < -0.3 is 4.90 Å². The third kappa shape index (κ3) is 3.08. The molecule has 1 heterocycles. The summed E-state index contributed by atoms with van der Waals surface area (Å²) in [4.78, 5) is 15.0. The van der Waals surface area contributed by atoms with Gasteiger partial charge in [0.2, 0.25) is 5.91 Å². The summed E-state index contributed by atoms with van der Waals surface area (Å²) in [7, 11) is 2.11. The lowest BCUT2D eigenvalue weighted by atomic mass is 9.45. The number of hydrogen-bond acceptors (Lipinski definition) is 1. The lowest BCUT2D eigenvalue weighted by molar-refractivity contribution is -0.171. The number of unbranched alkanes of at least 4 members (excludes halogenated alkanes) is 3. The summed E-state index contributed by atoms with van der Waals surface area (Å²) in [5.74, 6) is 3.82. The third-order valence-corrected chi connectivity index (χ3v) is 10.1. The monoisotopic (exact) mass is 373 g/mol. The van der Waals surface area contributed by atoms with Gasteiger partial charge in [0, 0.05) is 19.5 Å². The fourth-order valence-corrected chi connectivity index (χ4v) is 8.53. The van der Waals surface area contributed by atoms with E-state index in [9.17, 15) is 4.79 Å². The number of hydrogen-bond donors (Lipinski definition) is 0. The predicted octanol–water partition coefficient (Wildman–Crippen LogP) is 6.44. The Hall–Kier alpha value is -0.530. The molecule has 27 heavy (non-hydrogen) atoms. The molecule has 3 saturated carbocycles. The van der Waals surface area contributed by atoms with Crippen molar-refractivity contribution in [3.63, 3.8) is 0 Å². The first-order valence-corrected chi connectivity index (χ1v) is 12.2. The standard InChI is InChI=1S/C25H43NO/c1-5-6-7-8-10-18-17-23(27)26(4)22-13-12-19-20-11-9-15-24(20,2)16-14-21(19)25(18,22)3/h18-22H,5-17H2,1-4H3/t18?,19-,20-,21+,22?,24-,25+/m0/s1. The molecule has 0 aromatic heterocycles. The summed E-state index contributed by atoms with van der Waals surface area (Å²) < 4.78 is 0. The molecule has 0 radical (unpaired) electrons. The Bertz CT molecular complexity index is 559. The maximum atomic E-state index is 12.8. The smallest absolute Gasteiger partial charge is 0.222 e. The van der Waals surface area contributed by atoms with E-state index < -0.39 is 0 Å². The summed E-state index contributed by atoms with van der Waals surface area (Å²) in [6, 6.07) is 0.502. The van der Waals surface area contributed by atoms with Crippen molar-refractivity contribution in [2.24, 2.45) is 34.5 Å². The molecule has 4 aliphatic rings. The Labute approximate surface area is 167 Å². The molecular formula is C25H43NO. The van der Waals surface area contributed by atoms with Gasteiger partial charge in [-0.1, -0.05) is 52.9 Å². The van der Waals surface area contributed by atoms with Crippen molar-refractivity contribution in [3.05, 3.63) is 0 Å². The lowest BCUT2D eigenvalue weighted by Crippen LogP contribution is -2.64. The van der Waals surface area contributed by atoms with Crippen molar-refractivity contribution < 1.29 is 4.79 Å². The van der Waals surface area contributed by atoms with Gasteiger partial charge in [-0.2, -0.15) is 0 Å². The zero-order valence-electron chi connectivity index (χ0n) is 18.4. The Kier molecular flexibility index (Phi) is 5.40. The van der Waals surface area contributed by atoms with Crippen molar-refractivity contribution in [2.45, 2.75) is 110 Å². The highest BCUT2D eigenvalue weighted by atomic mass is 16.2. The zero-order chi connectivity index (χ0) is 19.2. The SMILES string of the molecule is CCCCCCC1CC(=O)N(C)C2CC[C@@H]3[C@@H](CC[C@]4(C)CCC[C@@H]34)[C@@]12C. The molecule has 2 unspecified atom stereocenters. The van der Waals surface area contributed by atoms with E-state index >= 15 is 0 Å². The molecule has 4 rings (SSSR count). The van der Waals surface area contributed by atoms with Crippen LogP contribution in [-0.2, 0) is 4.79 Å². The molecule has 1 aliphatic heterocycles. The molecule has 2 nitrogen and oxygen atoms in total. The Morgan fingerprint density at radius 1 is 1.00 bits per heavy atom. The minimum atomic E-state index is 0.363. The minimum absolute atomic E-state index is 0.363. The van der Waals surface area contributed by atoms with E-state index in [1.165, 1.54) is 77.0 Å². The van der Waals surface area contributed by atoms with Crippen LogP contribution in [0, 0.1) is 34.5 Å². The van der Waals surface area contributed by atoms with Crippen LogP contribution >= 0.6 is 0 Å². The number of fused-ring (bicyclic) bond motifs is 5. The minimum Gasteiger partial charge on any atom is -0.342 e. The average molecular weight is 374 g/mol. The molecule has 1 amide bonds. The Morgan fingerprint density at radius 2 is 1.81 bits per heavy atom. The highest BCUT2D eigenvalue weighted by molar-refractivity contribution is 5.78. The topological polar surface area (TPSA) is 20.3 Å². The van der Waals surface area contributed by atoms with E-state index in [-0.39, 0.29) is 0 Å². The normalized spacial score (nSPS) is 46.7. The van der Waals surface area contributed by atoms with Crippen molar-refractivity contribution >= 4 is 5.91 Å². The van der Waals surface area contributed by atoms with Crippen LogP contribution in [0.25, 0.3) is 0 Å². The van der Waals surface area contributed by atoms with Gasteiger partial charge in [-0.05, 0) is 79.4 Å². The van der Waals surface area contributed by atoms with Gasteiger partial charge in [0.15, 0.2) is 0 Å². The number of rotatable bonds is 5. The van der Waals surface area contributed by atoms with Crippen LogP contribution in [-0.4, -0.2) is 23.9 Å². The maximum absolute atomic E-state index is 12.8. The zero-order valence-corrected chi connectivity index (χ0v) is 18.4. The quantitative estimate of drug-likeness (QED) is 0.508. The number of piperidine rings is 1. The highest BCUT2D eigenvalue weighted by Crippen LogP contribution is 2.66. The first-order chi connectivity index (χ1) is 12.9. The molecule has 0 N–H and O–H groups in total. The number of likely N-dealkylation sites (tertiary alicyclic amines) is 1. The van der Waals surface area contributed by atoms with Crippen LogP contribution in [0.5, 0.6) is 0 Å². The molecule has 4 fully saturated rings. The van der Waals surface area contributed by atoms with Gasteiger partial charge in [0.05, 0.1) is 0 Å². The third-order valence-electron chi connectivity index (χ3n) is 10.1. The van der Waals surface area contributed by atoms with Gasteiger partial charge in [0.1, 0.15) is 0 Å². The van der Waals surface area contributed by atoms with E-state index in [2.05, 4.69) is 32.7 Å². The molecule has 3 aliphatic carbocycles. The maximum Gasteiger partial charge on any atom is 0.222 e.